The summed E-state index contributed by atoms with van der Waals surface area (Å²) in [6.07, 6.45) is 6.45. The first-order chi connectivity index (χ1) is 20.0. The number of hydrogen-bond acceptors (Lipinski definition) is 8. The molecule has 0 aliphatic carbocycles. The van der Waals surface area contributed by atoms with Gasteiger partial charge in [0, 0.05) is 41.3 Å². The van der Waals surface area contributed by atoms with E-state index in [1.54, 1.807) is 12.3 Å². The molecule has 0 radical (unpaired) electrons. The molecule has 2 aromatic carbocycles. The van der Waals surface area contributed by atoms with Crippen LogP contribution in [0.1, 0.15) is 32.1 Å². The number of aromatic nitrogens is 3. The van der Waals surface area contributed by atoms with Crippen molar-refractivity contribution in [3.63, 3.8) is 0 Å². The summed E-state index contributed by atoms with van der Waals surface area (Å²) in [7, 11) is 0. The van der Waals surface area contributed by atoms with Gasteiger partial charge in [-0.1, -0.05) is 41.9 Å². The molecule has 212 valence electrons. The van der Waals surface area contributed by atoms with E-state index < -0.39 is 11.9 Å². The predicted molar refractivity (Wildman–Crippen MR) is 157 cm³/mol. The summed E-state index contributed by atoms with van der Waals surface area (Å²) in [4.78, 5) is 18.8. The molecule has 0 saturated carbocycles. The maximum atomic E-state index is 16.6. The number of halogens is 2. The van der Waals surface area contributed by atoms with Crippen molar-refractivity contribution in [1.29, 1.82) is 0 Å². The molecular weight excluding hydrogens is 543 g/mol. The minimum atomic E-state index is -0.525. The number of piperazine rings is 1. The molecule has 0 amide bonds. The van der Waals surface area contributed by atoms with E-state index in [-0.39, 0.29) is 34.8 Å². The molecular formula is C31H32ClFN6O2. The van der Waals surface area contributed by atoms with E-state index in [4.69, 9.17) is 21.3 Å². The second-order valence-corrected chi connectivity index (χ2v) is 12.4. The molecule has 6 heterocycles. The molecule has 3 unspecified atom stereocenters. The summed E-state index contributed by atoms with van der Waals surface area (Å²) in [5.41, 5.74) is 1.000. The number of hydrogen-bond donors (Lipinski definition) is 2. The summed E-state index contributed by atoms with van der Waals surface area (Å²) in [5, 5.41) is 16.7. The van der Waals surface area contributed by atoms with Gasteiger partial charge in [-0.3, -0.25) is 9.88 Å². The molecule has 8 rings (SSSR count). The van der Waals surface area contributed by atoms with Crippen molar-refractivity contribution in [3.8, 4) is 17.3 Å². The standard InChI is InChI=1S/C31H32ClFN6O2/c32-22-8-2-6-18-5-1-7-20(25(18)22)27-26(33)28-21(14-34-27)29(38-15-19-13-24(40)23(16-38)35-19)37-30(36-28)41-17-31-9-3-11-39(31)12-4-10-31/h1-2,5-8,14,19,23-24,35,40H,3-4,9-13,15-17H2. The number of nitrogens with zero attached hydrogens (tertiary/aromatic N) is 5. The highest BCUT2D eigenvalue weighted by Crippen LogP contribution is 2.41. The molecule has 8 nitrogen and oxygen atoms in total. The zero-order valence-electron chi connectivity index (χ0n) is 22.7. The Morgan fingerprint density at radius 3 is 2.71 bits per heavy atom. The van der Waals surface area contributed by atoms with Crippen LogP contribution in [0.25, 0.3) is 32.9 Å². The average Bonchev–Trinajstić information content (AvgIpc) is 3.63. The first kappa shape index (κ1) is 25.6. The van der Waals surface area contributed by atoms with Gasteiger partial charge in [-0.15, -0.1) is 0 Å². The molecule has 4 aliphatic heterocycles. The minimum Gasteiger partial charge on any atom is -0.461 e. The Balaban J connectivity index is 1.25. The fourth-order valence-electron chi connectivity index (χ4n) is 7.66. The number of nitrogens with one attached hydrogen (secondary N) is 1. The number of anilines is 1. The van der Waals surface area contributed by atoms with Gasteiger partial charge in [-0.05, 0) is 56.6 Å². The molecule has 41 heavy (non-hydrogen) atoms. The minimum absolute atomic E-state index is 0.0123. The second kappa shape index (κ2) is 9.73. The van der Waals surface area contributed by atoms with E-state index in [1.807, 2.05) is 30.3 Å². The highest BCUT2D eigenvalue weighted by molar-refractivity contribution is 6.36. The Labute approximate surface area is 242 Å². The molecule has 10 heteroatoms. The number of ether oxygens (including phenoxy) is 1. The van der Waals surface area contributed by atoms with Crippen molar-refractivity contribution in [2.45, 2.75) is 55.8 Å². The Kier molecular flexibility index (Phi) is 6.07. The van der Waals surface area contributed by atoms with Gasteiger partial charge in [0.2, 0.25) is 0 Å². The fourth-order valence-corrected chi connectivity index (χ4v) is 7.94. The summed E-state index contributed by atoms with van der Waals surface area (Å²) in [6, 6.07) is 11.6. The first-order valence-corrected chi connectivity index (χ1v) is 15.0. The number of aliphatic hydroxyl groups is 1. The SMILES string of the molecule is OC1CC2CN(c3nc(OCC45CCCN4CCC5)nc4c(F)c(-c5cccc6cccc(Cl)c56)ncc34)CC1N2. The third kappa shape index (κ3) is 4.16. The number of pyridine rings is 1. The van der Waals surface area contributed by atoms with Crippen LogP contribution in [-0.2, 0) is 0 Å². The maximum Gasteiger partial charge on any atom is 0.319 e. The van der Waals surface area contributed by atoms with E-state index in [2.05, 4.69) is 25.1 Å². The lowest BCUT2D eigenvalue weighted by Gasteiger charge is -2.35. The van der Waals surface area contributed by atoms with Crippen LogP contribution in [0.2, 0.25) is 5.02 Å². The largest absolute Gasteiger partial charge is 0.461 e. The summed E-state index contributed by atoms with van der Waals surface area (Å²) >= 11 is 6.59. The molecule has 3 atom stereocenters. The van der Waals surface area contributed by atoms with Gasteiger partial charge in [0.15, 0.2) is 5.82 Å². The van der Waals surface area contributed by atoms with E-state index in [1.165, 1.54) is 0 Å². The number of benzene rings is 2. The van der Waals surface area contributed by atoms with E-state index >= 15 is 4.39 Å². The van der Waals surface area contributed by atoms with Crippen LogP contribution in [0.15, 0.2) is 42.6 Å². The van der Waals surface area contributed by atoms with Crippen LogP contribution in [0.4, 0.5) is 10.2 Å². The Bertz CT molecular complexity index is 1650. The van der Waals surface area contributed by atoms with Crippen LogP contribution in [-0.4, -0.2) is 81.5 Å². The maximum absolute atomic E-state index is 16.6. The van der Waals surface area contributed by atoms with Crippen LogP contribution in [0, 0.1) is 5.82 Å². The fraction of sp³-hybridized carbons (Fsp3) is 0.452. The molecule has 2 bridgehead atoms. The van der Waals surface area contributed by atoms with Crippen molar-refractivity contribution < 1.29 is 14.2 Å². The van der Waals surface area contributed by atoms with Crippen molar-refractivity contribution in [1.82, 2.24) is 25.2 Å². The monoisotopic (exact) mass is 574 g/mol. The van der Waals surface area contributed by atoms with Crippen LogP contribution >= 0.6 is 11.6 Å². The van der Waals surface area contributed by atoms with Crippen molar-refractivity contribution >= 4 is 39.1 Å². The third-order valence-electron chi connectivity index (χ3n) is 9.63. The van der Waals surface area contributed by atoms with Gasteiger partial charge in [0.25, 0.3) is 0 Å². The number of rotatable bonds is 5. The highest BCUT2D eigenvalue weighted by atomic mass is 35.5. The second-order valence-electron chi connectivity index (χ2n) is 12.0. The average molecular weight is 575 g/mol. The van der Waals surface area contributed by atoms with Crippen LogP contribution in [0.3, 0.4) is 0 Å². The van der Waals surface area contributed by atoms with Crippen LogP contribution < -0.4 is 15.0 Å². The molecule has 4 saturated heterocycles. The van der Waals surface area contributed by atoms with Gasteiger partial charge in [0.1, 0.15) is 23.6 Å². The van der Waals surface area contributed by atoms with Gasteiger partial charge >= 0.3 is 6.01 Å². The lowest BCUT2D eigenvalue weighted by atomic mass is 9.95. The molecule has 2 N–H and O–H groups in total. The third-order valence-corrected chi connectivity index (χ3v) is 9.95. The van der Waals surface area contributed by atoms with Gasteiger partial charge in [-0.25, -0.2) is 4.39 Å². The summed E-state index contributed by atoms with van der Waals surface area (Å²) in [5.74, 6) is 0.0692. The Morgan fingerprint density at radius 1 is 1.10 bits per heavy atom. The van der Waals surface area contributed by atoms with Crippen molar-refractivity contribution in [2.75, 3.05) is 37.7 Å². The van der Waals surface area contributed by atoms with E-state index in [0.717, 1.165) is 49.5 Å². The van der Waals surface area contributed by atoms with E-state index in [9.17, 15) is 5.11 Å². The summed E-state index contributed by atoms with van der Waals surface area (Å²) in [6.45, 7) is 3.89. The number of fused-ring (bicyclic) bond motifs is 5. The van der Waals surface area contributed by atoms with Gasteiger partial charge in [0.05, 0.1) is 23.1 Å². The van der Waals surface area contributed by atoms with E-state index in [0.29, 0.717) is 47.9 Å². The summed E-state index contributed by atoms with van der Waals surface area (Å²) < 4.78 is 22.9. The smallest absolute Gasteiger partial charge is 0.319 e. The Morgan fingerprint density at radius 2 is 1.90 bits per heavy atom. The normalized spacial score (nSPS) is 25.3. The number of aliphatic hydroxyl groups excluding tert-OH is 1. The van der Waals surface area contributed by atoms with Gasteiger partial charge in [-0.2, -0.15) is 9.97 Å². The van der Waals surface area contributed by atoms with Crippen molar-refractivity contribution in [2.24, 2.45) is 0 Å². The zero-order valence-corrected chi connectivity index (χ0v) is 23.4. The molecule has 2 aromatic heterocycles. The highest BCUT2D eigenvalue weighted by Gasteiger charge is 2.45. The predicted octanol–water partition coefficient (Wildman–Crippen LogP) is 4.56. The molecule has 0 spiro atoms. The van der Waals surface area contributed by atoms with Crippen molar-refractivity contribution in [3.05, 3.63) is 53.4 Å². The first-order valence-electron chi connectivity index (χ1n) is 14.6. The topological polar surface area (TPSA) is 86.6 Å². The molecule has 4 fully saturated rings. The molecule has 4 aliphatic rings. The lowest BCUT2D eigenvalue weighted by Crippen LogP contribution is -2.53. The van der Waals surface area contributed by atoms with Gasteiger partial charge < -0.3 is 20.1 Å². The molecule has 4 aromatic rings. The lowest BCUT2D eigenvalue weighted by molar-refractivity contribution is 0.108. The quantitative estimate of drug-likeness (QED) is 0.359. The Hall–Kier alpha value is -3.11. The van der Waals surface area contributed by atoms with Crippen LogP contribution in [0.5, 0.6) is 6.01 Å². The zero-order chi connectivity index (χ0) is 27.7.